The molecule has 0 radical (unpaired) electrons. The van der Waals surface area contributed by atoms with Crippen molar-refractivity contribution in [3.05, 3.63) is 59.2 Å². The Bertz CT molecular complexity index is 586. The number of aryl methyl sites for hydroxylation is 1. The number of alkyl halides is 3. The van der Waals surface area contributed by atoms with Crippen LogP contribution >= 0.6 is 0 Å². The van der Waals surface area contributed by atoms with Crippen LogP contribution in [-0.2, 0) is 12.7 Å². The fraction of sp³-hybridized carbons (Fsp3) is 0.250. The second kappa shape index (κ2) is 5.67. The average Bonchev–Trinajstić information content (AvgIpc) is 2.40. The van der Waals surface area contributed by atoms with Crippen molar-refractivity contribution in [3.8, 4) is 11.1 Å². The quantitative estimate of drug-likeness (QED) is 0.878. The number of rotatable bonds is 3. The minimum Gasteiger partial charge on any atom is -0.316 e. The molecule has 0 aromatic heterocycles. The molecule has 4 heteroatoms. The maximum Gasteiger partial charge on any atom is 0.416 e. The minimum absolute atomic E-state index is 0.620. The normalized spacial score (nSPS) is 11.7. The molecule has 1 nitrogen and oxygen atoms in total. The van der Waals surface area contributed by atoms with E-state index in [1.54, 1.807) is 0 Å². The van der Waals surface area contributed by atoms with Gasteiger partial charge in [-0.15, -0.1) is 0 Å². The first-order valence-corrected chi connectivity index (χ1v) is 6.33. The second-order valence-electron chi connectivity index (χ2n) is 4.75. The van der Waals surface area contributed by atoms with Crippen LogP contribution in [0.3, 0.4) is 0 Å². The summed E-state index contributed by atoms with van der Waals surface area (Å²) in [5.74, 6) is 0. The average molecular weight is 279 g/mol. The first-order chi connectivity index (χ1) is 9.41. The number of nitrogens with one attached hydrogen (secondary N) is 1. The highest BCUT2D eigenvalue weighted by Gasteiger charge is 2.29. The highest BCUT2D eigenvalue weighted by atomic mass is 19.4. The third-order valence-corrected chi connectivity index (χ3v) is 3.21. The summed E-state index contributed by atoms with van der Waals surface area (Å²) >= 11 is 0. The van der Waals surface area contributed by atoms with Crippen LogP contribution in [0.1, 0.15) is 16.7 Å². The Balaban J connectivity index is 2.38. The molecule has 2 aromatic rings. The fourth-order valence-electron chi connectivity index (χ4n) is 2.13. The van der Waals surface area contributed by atoms with E-state index >= 15 is 0 Å². The molecular weight excluding hydrogens is 263 g/mol. The summed E-state index contributed by atoms with van der Waals surface area (Å²) in [4.78, 5) is 0. The molecule has 0 aliphatic heterocycles. The van der Waals surface area contributed by atoms with E-state index in [4.69, 9.17) is 0 Å². The molecule has 0 unspecified atom stereocenters. The van der Waals surface area contributed by atoms with Gasteiger partial charge in [-0.3, -0.25) is 0 Å². The first-order valence-electron chi connectivity index (χ1n) is 6.33. The van der Waals surface area contributed by atoms with Crippen LogP contribution in [0, 0.1) is 6.92 Å². The fourth-order valence-corrected chi connectivity index (χ4v) is 2.13. The Hall–Kier alpha value is -1.81. The van der Waals surface area contributed by atoms with E-state index in [1.165, 1.54) is 12.1 Å². The van der Waals surface area contributed by atoms with Crippen LogP contribution in [0.4, 0.5) is 13.2 Å². The van der Waals surface area contributed by atoms with Crippen molar-refractivity contribution in [3.63, 3.8) is 0 Å². The molecule has 20 heavy (non-hydrogen) atoms. The molecule has 1 N–H and O–H groups in total. The van der Waals surface area contributed by atoms with Gasteiger partial charge in [0.2, 0.25) is 0 Å². The number of hydrogen-bond acceptors (Lipinski definition) is 1. The standard InChI is InChI=1S/C16H16F3N/c1-11-3-4-12(10-20-2)9-15(11)13-5-7-14(8-6-13)16(17,18)19/h3-9,20H,10H2,1-2H3. The molecule has 0 aliphatic rings. The van der Waals surface area contributed by atoms with Gasteiger partial charge in [0.15, 0.2) is 0 Å². The summed E-state index contributed by atoms with van der Waals surface area (Å²) in [5.41, 5.74) is 3.29. The highest BCUT2D eigenvalue weighted by molar-refractivity contribution is 5.68. The van der Waals surface area contributed by atoms with Gasteiger partial charge in [0, 0.05) is 6.54 Å². The molecule has 0 saturated carbocycles. The van der Waals surface area contributed by atoms with Crippen LogP contribution in [0.15, 0.2) is 42.5 Å². The summed E-state index contributed by atoms with van der Waals surface area (Å²) in [6.45, 7) is 2.68. The zero-order valence-corrected chi connectivity index (χ0v) is 11.4. The largest absolute Gasteiger partial charge is 0.416 e. The van der Waals surface area contributed by atoms with Gasteiger partial charge in [-0.05, 0) is 54.4 Å². The van der Waals surface area contributed by atoms with Gasteiger partial charge in [-0.1, -0.05) is 24.3 Å². The lowest BCUT2D eigenvalue weighted by Crippen LogP contribution is -2.05. The van der Waals surface area contributed by atoms with Crippen LogP contribution in [-0.4, -0.2) is 7.05 Å². The smallest absolute Gasteiger partial charge is 0.316 e. The lowest BCUT2D eigenvalue weighted by Gasteiger charge is -2.11. The molecule has 0 amide bonds. The van der Waals surface area contributed by atoms with Crippen LogP contribution in [0.5, 0.6) is 0 Å². The maximum atomic E-state index is 12.6. The minimum atomic E-state index is -4.29. The number of halogens is 3. The van der Waals surface area contributed by atoms with E-state index in [0.29, 0.717) is 0 Å². The van der Waals surface area contributed by atoms with Crippen molar-refractivity contribution in [1.29, 1.82) is 0 Å². The third kappa shape index (κ3) is 3.20. The Morgan fingerprint density at radius 2 is 1.65 bits per heavy atom. The Labute approximate surface area is 116 Å². The van der Waals surface area contributed by atoms with Crippen LogP contribution in [0.2, 0.25) is 0 Å². The van der Waals surface area contributed by atoms with E-state index in [9.17, 15) is 13.2 Å². The molecule has 2 rings (SSSR count). The van der Waals surface area contributed by atoms with Crippen molar-refractivity contribution in [2.24, 2.45) is 0 Å². The van der Waals surface area contributed by atoms with Crippen molar-refractivity contribution in [2.75, 3.05) is 7.05 Å². The lowest BCUT2D eigenvalue weighted by molar-refractivity contribution is -0.137. The number of hydrogen-bond donors (Lipinski definition) is 1. The maximum absolute atomic E-state index is 12.6. The molecular formula is C16H16F3N. The van der Waals surface area contributed by atoms with Gasteiger partial charge in [0.25, 0.3) is 0 Å². The van der Waals surface area contributed by atoms with Crippen molar-refractivity contribution >= 4 is 0 Å². The molecule has 0 saturated heterocycles. The zero-order valence-electron chi connectivity index (χ0n) is 11.4. The van der Waals surface area contributed by atoms with Gasteiger partial charge in [0.1, 0.15) is 0 Å². The van der Waals surface area contributed by atoms with E-state index in [1.807, 2.05) is 32.2 Å². The molecule has 0 spiro atoms. The topological polar surface area (TPSA) is 12.0 Å². The van der Waals surface area contributed by atoms with E-state index in [2.05, 4.69) is 5.32 Å². The van der Waals surface area contributed by atoms with Gasteiger partial charge in [-0.25, -0.2) is 0 Å². The summed E-state index contributed by atoms with van der Waals surface area (Å²) in [5, 5.41) is 3.06. The van der Waals surface area contributed by atoms with Gasteiger partial charge in [0.05, 0.1) is 5.56 Å². The third-order valence-electron chi connectivity index (χ3n) is 3.21. The summed E-state index contributed by atoms with van der Waals surface area (Å²) < 4.78 is 37.7. The molecule has 106 valence electrons. The first kappa shape index (κ1) is 14.6. The van der Waals surface area contributed by atoms with E-state index in [0.717, 1.165) is 40.9 Å². The molecule has 0 heterocycles. The molecule has 0 aliphatic carbocycles. The monoisotopic (exact) mass is 279 g/mol. The van der Waals surface area contributed by atoms with E-state index in [-0.39, 0.29) is 0 Å². The van der Waals surface area contributed by atoms with Gasteiger partial charge >= 0.3 is 6.18 Å². The summed E-state index contributed by atoms with van der Waals surface area (Å²) in [6, 6.07) is 11.3. The predicted molar refractivity (Wildman–Crippen MR) is 74.4 cm³/mol. The lowest BCUT2D eigenvalue weighted by atomic mass is 9.97. The van der Waals surface area contributed by atoms with Gasteiger partial charge < -0.3 is 5.32 Å². The Morgan fingerprint density at radius 3 is 2.20 bits per heavy atom. The summed E-state index contributed by atoms with van der Waals surface area (Å²) in [7, 11) is 1.86. The highest BCUT2D eigenvalue weighted by Crippen LogP contribution is 2.32. The summed E-state index contributed by atoms with van der Waals surface area (Å²) in [6.07, 6.45) is -4.29. The zero-order chi connectivity index (χ0) is 14.8. The van der Waals surface area contributed by atoms with Crippen molar-refractivity contribution in [1.82, 2.24) is 5.32 Å². The Morgan fingerprint density at radius 1 is 1.00 bits per heavy atom. The molecule has 0 bridgehead atoms. The molecule has 0 fully saturated rings. The van der Waals surface area contributed by atoms with Crippen molar-refractivity contribution in [2.45, 2.75) is 19.6 Å². The van der Waals surface area contributed by atoms with Gasteiger partial charge in [-0.2, -0.15) is 13.2 Å². The second-order valence-corrected chi connectivity index (χ2v) is 4.75. The molecule has 2 aromatic carbocycles. The predicted octanol–water partition coefficient (Wildman–Crippen LogP) is 4.40. The number of benzene rings is 2. The van der Waals surface area contributed by atoms with E-state index < -0.39 is 11.7 Å². The SMILES string of the molecule is CNCc1ccc(C)c(-c2ccc(C(F)(F)F)cc2)c1. The molecule has 0 atom stereocenters. The van der Waals surface area contributed by atoms with Crippen LogP contribution in [0.25, 0.3) is 11.1 Å². The van der Waals surface area contributed by atoms with Crippen LogP contribution < -0.4 is 5.32 Å². The van der Waals surface area contributed by atoms with Crippen molar-refractivity contribution < 1.29 is 13.2 Å². The Kier molecular flexibility index (Phi) is 4.14.